The second-order valence-corrected chi connectivity index (χ2v) is 5.84. The minimum absolute atomic E-state index is 0.472. The van der Waals surface area contributed by atoms with E-state index < -0.39 is 6.10 Å². The molecule has 0 fully saturated rings. The van der Waals surface area contributed by atoms with E-state index in [1.54, 1.807) is 0 Å². The molecule has 1 N–H and O–H groups in total. The lowest BCUT2D eigenvalue weighted by molar-refractivity contribution is 0.122. The highest BCUT2D eigenvalue weighted by atomic mass is 16.3. The van der Waals surface area contributed by atoms with Crippen molar-refractivity contribution in [1.29, 1.82) is 0 Å². The number of aliphatic hydroxyl groups is 1. The van der Waals surface area contributed by atoms with Gasteiger partial charge < -0.3 is 5.11 Å². The molecule has 21 heavy (non-hydrogen) atoms. The SMILES string of the molecule is Cc1ccc(C)c(C(O)CN(C)Cc2cccc(C)n2)c1. The average Bonchev–Trinajstić information content (AvgIpc) is 2.41. The third-order valence-electron chi connectivity index (χ3n) is 3.66. The fourth-order valence-electron chi connectivity index (χ4n) is 2.54. The molecule has 2 rings (SSSR count). The molecule has 3 nitrogen and oxygen atoms in total. The van der Waals surface area contributed by atoms with Crippen molar-refractivity contribution in [1.82, 2.24) is 9.88 Å². The van der Waals surface area contributed by atoms with Crippen LogP contribution in [-0.2, 0) is 6.54 Å². The van der Waals surface area contributed by atoms with Crippen LogP contribution in [0.1, 0.15) is 34.2 Å². The van der Waals surface area contributed by atoms with Crippen molar-refractivity contribution in [2.75, 3.05) is 13.6 Å². The van der Waals surface area contributed by atoms with Crippen LogP contribution < -0.4 is 0 Å². The van der Waals surface area contributed by atoms with Gasteiger partial charge in [0.1, 0.15) is 0 Å². The lowest BCUT2D eigenvalue weighted by Crippen LogP contribution is -2.25. The number of benzene rings is 1. The van der Waals surface area contributed by atoms with Crippen LogP contribution in [0.5, 0.6) is 0 Å². The Balaban J connectivity index is 2.01. The summed E-state index contributed by atoms with van der Waals surface area (Å²) in [6, 6.07) is 12.2. The Morgan fingerprint density at radius 2 is 1.90 bits per heavy atom. The quantitative estimate of drug-likeness (QED) is 0.916. The predicted octanol–water partition coefficient (Wildman–Crippen LogP) is 3.17. The van der Waals surface area contributed by atoms with E-state index in [1.807, 2.05) is 39.1 Å². The standard InChI is InChI=1S/C18H24N2O/c1-13-8-9-14(2)17(10-13)18(21)12-20(4)11-16-7-5-6-15(3)19-16/h5-10,18,21H,11-12H2,1-4H3. The van der Waals surface area contributed by atoms with E-state index in [0.29, 0.717) is 6.54 Å². The van der Waals surface area contributed by atoms with E-state index in [4.69, 9.17) is 0 Å². The van der Waals surface area contributed by atoms with Gasteiger partial charge in [0.15, 0.2) is 0 Å². The van der Waals surface area contributed by atoms with Gasteiger partial charge in [0, 0.05) is 18.8 Å². The zero-order valence-electron chi connectivity index (χ0n) is 13.3. The molecule has 1 aromatic carbocycles. The number of likely N-dealkylation sites (N-methyl/N-ethyl adjacent to an activating group) is 1. The molecule has 1 unspecified atom stereocenters. The summed E-state index contributed by atoms with van der Waals surface area (Å²) in [5.74, 6) is 0. The Bertz CT molecular complexity index is 610. The van der Waals surface area contributed by atoms with Crippen molar-refractivity contribution in [3.63, 3.8) is 0 Å². The zero-order chi connectivity index (χ0) is 15.4. The molecule has 0 amide bonds. The van der Waals surface area contributed by atoms with Crippen molar-refractivity contribution in [2.45, 2.75) is 33.4 Å². The average molecular weight is 284 g/mol. The van der Waals surface area contributed by atoms with Crippen LogP contribution in [-0.4, -0.2) is 28.6 Å². The maximum absolute atomic E-state index is 10.5. The summed E-state index contributed by atoms with van der Waals surface area (Å²) < 4.78 is 0. The van der Waals surface area contributed by atoms with Crippen LogP contribution in [0, 0.1) is 20.8 Å². The third kappa shape index (κ3) is 4.38. The molecule has 112 valence electrons. The first kappa shape index (κ1) is 15.7. The fourth-order valence-corrected chi connectivity index (χ4v) is 2.54. The number of hydrogen-bond acceptors (Lipinski definition) is 3. The van der Waals surface area contributed by atoms with Gasteiger partial charge in [-0.1, -0.05) is 29.8 Å². The number of rotatable bonds is 5. The predicted molar refractivity (Wildman–Crippen MR) is 86.2 cm³/mol. The lowest BCUT2D eigenvalue weighted by Gasteiger charge is -2.22. The number of aromatic nitrogens is 1. The van der Waals surface area contributed by atoms with Gasteiger partial charge in [0.2, 0.25) is 0 Å². The van der Waals surface area contributed by atoms with Gasteiger partial charge in [0.25, 0.3) is 0 Å². The lowest BCUT2D eigenvalue weighted by atomic mass is 10.0. The van der Waals surface area contributed by atoms with Crippen molar-refractivity contribution in [2.24, 2.45) is 0 Å². The molecule has 1 atom stereocenters. The molecule has 0 radical (unpaired) electrons. The number of pyridine rings is 1. The minimum atomic E-state index is -0.472. The number of aryl methyl sites for hydroxylation is 3. The maximum atomic E-state index is 10.5. The van der Waals surface area contributed by atoms with Crippen LogP contribution >= 0.6 is 0 Å². The molecular formula is C18H24N2O. The summed E-state index contributed by atoms with van der Waals surface area (Å²) in [5, 5.41) is 10.5. The summed E-state index contributed by atoms with van der Waals surface area (Å²) in [6.45, 7) is 7.42. The second-order valence-electron chi connectivity index (χ2n) is 5.84. The highest BCUT2D eigenvalue weighted by Gasteiger charge is 2.13. The molecule has 0 spiro atoms. The zero-order valence-corrected chi connectivity index (χ0v) is 13.3. The molecule has 0 bridgehead atoms. The fraction of sp³-hybridized carbons (Fsp3) is 0.389. The topological polar surface area (TPSA) is 36.4 Å². The van der Waals surface area contributed by atoms with Crippen molar-refractivity contribution >= 4 is 0 Å². The van der Waals surface area contributed by atoms with Crippen LogP contribution in [0.3, 0.4) is 0 Å². The normalized spacial score (nSPS) is 12.7. The Hall–Kier alpha value is -1.71. The van der Waals surface area contributed by atoms with Crippen LogP contribution in [0.25, 0.3) is 0 Å². The van der Waals surface area contributed by atoms with Gasteiger partial charge >= 0.3 is 0 Å². The molecule has 0 aliphatic rings. The molecule has 0 aliphatic heterocycles. The first-order valence-electron chi connectivity index (χ1n) is 7.32. The molecule has 3 heteroatoms. The van der Waals surface area contributed by atoms with Gasteiger partial charge in [-0.05, 0) is 51.1 Å². The first-order chi connectivity index (χ1) is 9.95. The van der Waals surface area contributed by atoms with Crippen LogP contribution in [0.4, 0.5) is 0 Å². The van der Waals surface area contributed by atoms with E-state index >= 15 is 0 Å². The Morgan fingerprint density at radius 3 is 2.62 bits per heavy atom. The van der Waals surface area contributed by atoms with Gasteiger partial charge in [-0.3, -0.25) is 9.88 Å². The Labute approximate surface area is 127 Å². The number of hydrogen-bond donors (Lipinski definition) is 1. The summed E-state index contributed by atoms with van der Waals surface area (Å²) in [4.78, 5) is 6.61. The van der Waals surface area contributed by atoms with E-state index in [-0.39, 0.29) is 0 Å². The van der Waals surface area contributed by atoms with Crippen molar-refractivity contribution < 1.29 is 5.11 Å². The largest absolute Gasteiger partial charge is 0.387 e. The third-order valence-corrected chi connectivity index (χ3v) is 3.66. The second kappa shape index (κ2) is 6.83. The molecule has 1 heterocycles. The molecule has 0 aliphatic carbocycles. The van der Waals surface area contributed by atoms with Gasteiger partial charge in [0.05, 0.1) is 11.8 Å². The van der Waals surface area contributed by atoms with E-state index in [0.717, 1.165) is 29.1 Å². The first-order valence-corrected chi connectivity index (χ1v) is 7.32. The summed E-state index contributed by atoms with van der Waals surface area (Å²) in [7, 11) is 2.01. The molecule has 1 aromatic heterocycles. The van der Waals surface area contributed by atoms with Gasteiger partial charge in [-0.25, -0.2) is 0 Å². The van der Waals surface area contributed by atoms with Crippen LogP contribution in [0.2, 0.25) is 0 Å². The molecular weight excluding hydrogens is 260 g/mol. The van der Waals surface area contributed by atoms with Crippen LogP contribution in [0.15, 0.2) is 36.4 Å². The minimum Gasteiger partial charge on any atom is -0.387 e. The van der Waals surface area contributed by atoms with E-state index in [1.165, 1.54) is 5.56 Å². The smallest absolute Gasteiger partial charge is 0.0919 e. The summed E-state index contributed by atoms with van der Waals surface area (Å²) >= 11 is 0. The van der Waals surface area contributed by atoms with Crippen molar-refractivity contribution in [3.8, 4) is 0 Å². The molecule has 0 saturated carbocycles. The summed E-state index contributed by atoms with van der Waals surface area (Å²) in [5.41, 5.74) is 5.38. The Morgan fingerprint density at radius 1 is 1.14 bits per heavy atom. The van der Waals surface area contributed by atoms with E-state index in [9.17, 15) is 5.11 Å². The summed E-state index contributed by atoms with van der Waals surface area (Å²) in [6.07, 6.45) is -0.472. The monoisotopic (exact) mass is 284 g/mol. The highest BCUT2D eigenvalue weighted by Crippen LogP contribution is 2.20. The Kier molecular flexibility index (Phi) is 5.10. The van der Waals surface area contributed by atoms with E-state index in [2.05, 4.69) is 35.0 Å². The maximum Gasteiger partial charge on any atom is 0.0919 e. The highest BCUT2D eigenvalue weighted by molar-refractivity contribution is 5.32. The number of aliphatic hydroxyl groups excluding tert-OH is 1. The number of nitrogens with zero attached hydrogens (tertiary/aromatic N) is 2. The molecule has 2 aromatic rings. The van der Waals surface area contributed by atoms with Gasteiger partial charge in [-0.2, -0.15) is 0 Å². The molecule has 0 saturated heterocycles. The van der Waals surface area contributed by atoms with Gasteiger partial charge in [-0.15, -0.1) is 0 Å². The van der Waals surface area contributed by atoms with Crippen molar-refractivity contribution in [3.05, 3.63) is 64.5 Å².